The lowest BCUT2D eigenvalue weighted by Gasteiger charge is -2.14. The van der Waals surface area contributed by atoms with Crippen molar-refractivity contribution < 1.29 is 19.1 Å². The number of amides is 2. The number of Topliss-reactive ketones (excluding diaryl/α,β-unsaturated/α-hetero) is 1. The van der Waals surface area contributed by atoms with E-state index in [1.807, 2.05) is 0 Å². The highest BCUT2D eigenvalue weighted by Crippen LogP contribution is 2.32. The summed E-state index contributed by atoms with van der Waals surface area (Å²) in [7, 11) is 1.59. The SMILES string of the molecule is C=CCN1C(=O)[C@@H](CC(=O)Nc2cccc(C(C)=O)c2)SC1=Nc1ccc(OC)cc1. The Hall–Kier alpha value is -3.39. The number of nitrogens with one attached hydrogen (secondary N) is 1. The molecule has 1 N–H and O–H groups in total. The van der Waals surface area contributed by atoms with Crippen LogP contribution in [0.1, 0.15) is 23.7 Å². The zero-order valence-corrected chi connectivity index (χ0v) is 18.1. The maximum atomic E-state index is 12.9. The molecule has 31 heavy (non-hydrogen) atoms. The van der Waals surface area contributed by atoms with Crippen LogP contribution in [0.3, 0.4) is 0 Å². The van der Waals surface area contributed by atoms with Crippen molar-refractivity contribution in [3.05, 3.63) is 66.7 Å². The van der Waals surface area contributed by atoms with E-state index in [0.717, 1.165) is 0 Å². The van der Waals surface area contributed by atoms with Gasteiger partial charge < -0.3 is 10.1 Å². The minimum atomic E-state index is -0.590. The predicted molar refractivity (Wildman–Crippen MR) is 123 cm³/mol. The lowest BCUT2D eigenvalue weighted by molar-refractivity contribution is -0.127. The van der Waals surface area contributed by atoms with E-state index in [2.05, 4.69) is 16.9 Å². The second kappa shape index (κ2) is 10.1. The second-order valence-corrected chi connectivity index (χ2v) is 8.00. The topological polar surface area (TPSA) is 88.1 Å². The number of ketones is 1. The molecule has 1 saturated heterocycles. The van der Waals surface area contributed by atoms with Gasteiger partial charge in [0, 0.05) is 24.2 Å². The van der Waals surface area contributed by atoms with Crippen molar-refractivity contribution in [1.82, 2.24) is 4.90 Å². The average molecular weight is 438 g/mol. The number of carbonyl (C=O) groups is 3. The van der Waals surface area contributed by atoms with Crippen LogP contribution in [0.4, 0.5) is 11.4 Å². The van der Waals surface area contributed by atoms with E-state index in [0.29, 0.717) is 34.4 Å². The molecule has 0 aromatic heterocycles. The highest BCUT2D eigenvalue weighted by atomic mass is 32.2. The first-order chi connectivity index (χ1) is 14.9. The molecule has 160 valence electrons. The lowest BCUT2D eigenvalue weighted by Crippen LogP contribution is -2.33. The van der Waals surface area contributed by atoms with Gasteiger partial charge in [-0.15, -0.1) is 6.58 Å². The number of thioether (sulfide) groups is 1. The maximum absolute atomic E-state index is 12.9. The first-order valence-electron chi connectivity index (χ1n) is 9.63. The fraction of sp³-hybridized carbons (Fsp3) is 0.217. The Morgan fingerprint density at radius 2 is 2.00 bits per heavy atom. The van der Waals surface area contributed by atoms with Crippen LogP contribution in [-0.2, 0) is 9.59 Å². The number of nitrogens with zero attached hydrogens (tertiary/aromatic N) is 2. The summed E-state index contributed by atoms with van der Waals surface area (Å²) in [6.45, 7) is 5.48. The van der Waals surface area contributed by atoms with Crippen LogP contribution in [0, 0.1) is 0 Å². The number of hydrogen-bond acceptors (Lipinski definition) is 6. The van der Waals surface area contributed by atoms with E-state index in [1.165, 1.54) is 23.6 Å². The van der Waals surface area contributed by atoms with Crippen LogP contribution in [0.15, 0.2) is 66.2 Å². The monoisotopic (exact) mass is 437 g/mol. The Labute approximate surface area is 185 Å². The Bertz CT molecular complexity index is 1030. The number of rotatable bonds is 8. The van der Waals surface area contributed by atoms with Crippen molar-refractivity contribution in [3.8, 4) is 5.75 Å². The molecule has 1 heterocycles. The quantitative estimate of drug-likeness (QED) is 0.497. The third kappa shape index (κ3) is 5.61. The van der Waals surface area contributed by atoms with Gasteiger partial charge in [0.25, 0.3) is 0 Å². The molecule has 0 aliphatic carbocycles. The van der Waals surface area contributed by atoms with Gasteiger partial charge in [-0.1, -0.05) is 30.0 Å². The highest BCUT2D eigenvalue weighted by molar-refractivity contribution is 8.15. The minimum absolute atomic E-state index is 0.0108. The molecular formula is C23H23N3O4S. The van der Waals surface area contributed by atoms with Gasteiger partial charge in [0.1, 0.15) is 11.0 Å². The molecule has 8 heteroatoms. The molecule has 1 atom stereocenters. The molecule has 2 amide bonds. The molecule has 3 rings (SSSR count). The fourth-order valence-corrected chi connectivity index (χ4v) is 4.15. The fourth-order valence-electron chi connectivity index (χ4n) is 2.99. The lowest BCUT2D eigenvalue weighted by atomic mass is 10.1. The molecular weight excluding hydrogens is 414 g/mol. The number of carbonyl (C=O) groups excluding carboxylic acids is 3. The smallest absolute Gasteiger partial charge is 0.242 e. The van der Waals surface area contributed by atoms with Gasteiger partial charge >= 0.3 is 0 Å². The van der Waals surface area contributed by atoms with Crippen molar-refractivity contribution in [1.29, 1.82) is 0 Å². The summed E-state index contributed by atoms with van der Waals surface area (Å²) in [5.74, 6) is 0.128. The van der Waals surface area contributed by atoms with Crippen LogP contribution in [0.5, 0.6) is 5.75 Å². The molecule has 2 aromatic rings. The highest BCUT2D eigenvalue weighted by Gasteiger charge is 2.38. The zero-order chi connectivity index (χ0) is 22.4. The molecule has 1 aliphatic heterocycles. The normalized spacial score (nSPS) is 17.0. The van der Waals surface area contributed by atoms with Gasteiger partial charge in [-0.2, -0.15) is 0 Å². The third-order valence-corrected chi connectivity index (χ3v) is 5.73. The third-order valence-electron chi connectivity index (χ3n) is 4.55. The van der Waals surface area contributed by atoms with Crippen molar-refractivity contribution >= 4 is 45.9 Å². The first kappa shape index (κ1) is 22.3. The Morgan fingerprint density at radius 1 is 1.26 bits per heavy atom. The predicted octanol–water partition coefficient (Wildman–Crippen LogP) is 4.04. The van der Waals surface area contributed by atoms with E-state index < -0.39 is 5.25 Å². The van der Waals surface area contributed by atoms with Crippen LogP contribution in [0.25, 0.3) is 0 Å². The average Bonchev–Trinajstić information content (AvgIpc) is 3.03. The van der Waals surface area contributed by atoms with Gasteiger partial charge in [-0.3, -0.25) is 19.3 Å². The number of aliphatic imine (C=N–C) groups is 1. The standard InChI is InChI=1S/C23H23N3O4S/c1-4-12-26-22(29)20(31-23(26)25-17-8-10-19(30-3)11-9-17)14-21(28)24-18-7-5-6-16(13-18)15(2)27/h4-11,13,20H,1,12,14H2,2-3H3,(H,24,28)/t20-/m1/s1. The number of methoxy groups -OCH3 is 1. The molecule has 0 bridgehead atoms. The van der Waals surface area contributed by atoms with Crippen LogP contribution in [-0.4, -0.2) is 46.6 Å². The van der Waals surface area contributed by atoms with Gasteiger partial charge in [-0.05, 0) is 43.3 Å². The number of hydrogen-bond donors (Lipinski definition) is 1. The van der Waals surface area contributed by atoms with E-state index in [4.69, 9.17) is 4.74 Å². The molecule has 0 radical (unpaired) electrons. The van der Waals surface area contributed by atoms with E-state index in [9.17, 15) is 14.4 Å². The maximum Gasteiger partial charge on any atom is 0.242 e. The molecule has 0 saturated carbocycles. The Balaban J connectivity index is 1.72. The van der Waals surface area contributed by atoms with Gasteiger partial charge in [0.05, 0.1) is 12.8 Å². The second-order valence-electron chi connectivity index (χ2n) is 6.83. The first-order valence-corrected chi connectivity index (χ1v) is 10.5. The van der Waals surface area contributed by atoms with Gasteiger partial charge in [0.15, 0.2) is 11.0 Å². The Morgan fingerprint density at radius 3 is 2.65 bits per heavy atom. The van der Waals surface area contributed by atoms with Crippen LogP contribution in [0.2, 0.25) is 0 Å². The summed E-state index contributed by atoms with van der Waals surface area (Å²) in [6.07, 6.45) is 1.61. The van der Waals surface area contributed by atoms with E-state index in [1.54, 1.807) is 61.7 Å². The van der Waals surface area contributed by atoms with Crippen molar-refractivity contribution in [2.45, 2.75) is 18.6 Å². The molecule has 0 spiro atoms. The van der Waals surface area contributed by atoms with Crippen LogP contribution >= 0.6 is 11.8 Å². The summed E-state index contributed by atoms with van der Waals surface area (Å²) < 4.78 is 5.15. The van der Waals surface area contributed by atoms with Gasteiger partial charge in [-0.25, -0.2) is 4.99 Å². The summed E-state index contributed by atoms with van der Waals surface area (Å²) in [5.41, 5.74) is 1.70. The molecule has 1 fully saturated rings. The van der Waals surface area contributed by atoms with E-state index >= 15 is 0 Å². The van der Waals surface area contributed by atoms with Crippen molar-refractivity contribution in [2.24, 2.45) is 4.99 Å². The van der Waals surface area contributed by atoms with Gasteiger partial charge in [0.2, 0.25) is 11.8 Å². The minimum Gasteiger partial charge on any atom is -0.497 e. The van der Waals surface area contributed by atoms with E-state index in [-0.39, 0.29) is 24.0 Å². The molecule has 7 nitrogen and oxygen atoms in total. The molecule has 0 unspecified atom stereocenters. The molecule has 1 aliphatic rings. The summed E-state index contributed by atoms with van der Waals surface area (Å²) in [4.78, 5) is 43.0. The number of anilines is 1. The Kier molecular flexibility index (Phi) is 7.25. The molecule has 2 aromatic carbocycles. The number of ether oxygens (including phenoxy) is 1. The zero-order valence-electron chi connectivity index (χ0n) is 17.3. The summed E-state index contributed by atoms with van der Waals surface area (Å²) in [6, 6.07) is 13.9. The number of benzene rings is 2. The summed E-state index contributed by atoms with van der Waals surface area (Å²) >= 11 is 1.25. The van der Waals surface area contributed by atoms with Crippen molar-refractivity contribution in [3.63, 3.8) is 0 Å². The summed E-state index contributed by atoms with van der Waals surface area (Å²) in [5, 5.41) is 2.69. The number of amidine groups is 1. The van der Waals surface area contributed by atoms with Crippen molar-refractivity contribution in [2.75, 3.05) is 19.0 Å². The largest absolute Gasteiger partial charge is 0.497 e. The van der Waals surface area contributed by atoms with Crippen LogP contribution < -0.4 is 10.1 Å².